The van der Waals surface area contributed by atoms with Crippen LogP contribution in [0.4, 0.5) is 0 Å². The molecule has 0 aromatic heterocycles. The van der Waals surface area contributed by atoms with E-state index >= 15 is 0 Å². The van der Waals surface area contributed by atoms with Crippen molar-refractivity contribution in [1.82, 2.24) is 0 Å². The Labute approximate surface area is 113 Å². The summed E-state index contributed by atoms with van der Waals surface area (Å²) >= 11 is 0. The second-order valence-electron chi connectivity index (χ2n) is 4.44. The number of carbonyl (C=O) groups is 2. The number of Topliss-reactive ketones (excluding diaryl/α,β-unsaturated/α-hetero) is 2. The Bertz CT molecular complexity index is 585. The third-order valence-corrected chi connectivity index (χ3v) is 3.04. The van der Waals surface area contributed by atoms with E-state index in [2.05, 4.69) is 0 Å². The van der Waals surface area contributed by atoms with Crippen LogP contribution in [0.1, 0.15) is 39.6 Å². The highest BCUT2D eigenvalue weighted by Crippen LogP contribution is 2.11. The first-order valence-electron chi connectivity index (χ1n) is 6.41. The summed E-state index contributed by atoms with van der Waals surface area (Å²) in [5.74, 6) is 0.103. The number of rotatable bonds is 5. The van der Waals surface area contributed by atoms with E-state index in [1.807, 2.05) is 37.3 Å². The molecule has 0 aliphatic carbocycles. The smallest absolute Gasteiger partial charge is 0.167 e. The van der Waals surface area contributed by atoms with Gasteiger partial charge >= 0.3 is 0 Å². The lowest BCUT2D eigenvalue weighted by molar-refractivity contribution is 0.0988. The summed E-state index contributed by atoms with van der Waals surface area (Å²) in [7, 11) is 0. The van der Waals surface area contributed by atoms with Gasteiger partial charge in [0.2, 0.25) is 0 Å². The van der Waals surface area contributed by atoms with E-state index in [0.717, 1.165) is 5.56 Å². The summed E-state index contributed by atoms with van der Waals surface area (Å²) in [4.78, 5) is 23.8. The topological polar surface area (TPSA) is 34.1 Å². The maximum atomic E-state index is 12.2. The molecule has 0 radical (unpaired) electrons. The summed E-state index contributed by atoms with van der Waals surface area (Å²) in [5, 5.41) is 0. The summed E-state index contributed by atoms with van der Waals surface area (Å²) < 4.78 is 0. The van der Waals surface area contributed by atoms with Gasteiger partial charge in [0.1, 0.15) is 0 Å². The van der Waals surface area contributed by atoms with Crippen LogP contribution in [0.2, 0.25) is 0 Å². The van der Waals surface area contributed by atoms with Gasteiger partial charge in [-0.15, -0.1) is 0 Å². The molecule has 0 N–H and O–H groups in total. The molecule has 0 bridgehead atoms. The highest BCUT2D eigenvalue weighted by molar-refractivity contribution is 6.01. The normalized spacial score (nSPS) is 10.2. The molecular weight excluding hydrogens is 236 g/mol. The molecule has 2 aromatic carbocycles. The molecule has 0 atom stereocenters. The zero-order chi connectivity index (χ0) is 13.7. The van der Waals surface area contributed by atoms with E-state index in [-0.39, 0.29) is 11.6 Å². The lowest BCUT2D eigenvalue weighted by Crippen LogP contribution is -2.05. The molecule has 0 spiro atoms. The van der Waals surface area contributed by atoms with Crippen molar-refractivity contribution in [3.8, 4) is 0 Å². The highest BCUT2D eigenvalue weighted by Gasteiger charge is 2.10. The fourth-order valence-corrected chi connectivity index (χ4v) is 1.95. The minimum Gasteiger partial charge on any atom is -0.294 e. The zero-order valence-corrected chi connectivity index (χ0v) is 10.9. The first kappa shape index (κ1) is 13.2. The molecule has 2 aromatic rings. The van der Waals surface area contributed by atoms with Gasteiger partial charge in [0.25, 0.3) is 0 Å². The summed E-state index contributed by atoms with van der Waals surface area (Å²) in [6.45, 7) is 1.82. The number of benzene rings is 2. The monoisotopic (exact) mass is 252 g/mol. The van der Waals surface area contributed by atoms with E-state index in [1.165, 1.54) is 0 Å². The van der Waals surface area contributed by atoms with Gasteiger partial charge in [0.15, 0.2) is 11.6 Å². The van der Waals surface area contributed by atoms with Crippen LogP contribution in [0.15, 0.2) is 54.6 Å². The van der Waals surface area contributed by atoms with Crippen LogP contribution in [-0.2, 0) is 6.42 Å². The average molecular weight is 252 g/mol. The number of ketones is 2. The fourth-order valence-electron chi connectivity index (χ4n) is 1.95. The van der Waals surface area contributed by atoms with Crippen molar-refractivity contribution < 1.29 is 9.59 Å². The van der Waals surface area contributed by atoms with Gasteiger partial charge in [-0.05, 0) is 11.6 Å². The van der Waals surface area contributed by atoms with Crippen molar-refractivity contribution >= 4 is 11.6 Å². The predicted molar refractivity (Wildman–Crippen MR) is 75.5 cm³/mol. The van der Waals surface area contributed by atoms with Crippen molar-refractivity contribution in [2.45, 2.75) is 19.8 Å². The molecule has 19 heavy (non-hydrogen) atoms. The Morgan fingerprint density at radius 2 is 1.47 bits per heavy atom. The summed E-state index contributed by atoms with van der Waals surface area (Å²) in [6.07, 6.45) is 0.820. The third-order valence-electron chi connectivity index (χ3n) is 3.04. The maximum absolute atomic E-state index is 12.2. The SMILES string of the molecule is CCC(=O)c1cccc(C(=O)Cc2ccccc2)c1. The average Bonchev–Trinajstić information content (AvgIpc) is 2.47. The van der Waals surface area contributed by atoms with E-state index in [1.54, 1.807) is 24.3 Å². The molecule has 0 aliphatic rings. The van der Waals surface area contributed by atoms with Gasteiger partial charge in [-0.2, -0.15) is 0 Å². The van der Waals surface area contributed by atoms with Crippen LogP contribution < -0.4 is 0 Å². The quantitative estimate of drug-likeness (QED) is 0.760. The Kier molecular flexibility index (Phi) is 4.24. The molecule has 0 amide bonds. The van der Waals surface area contributed by atoms with Gasteiger partial charge in [-0.25, -0.2) is 0 Å². The van der Waals surface area contributed by atoms with Crippen LogP contribution in [0.5, 0.6) is 0 Å². The number of carbonyl (C=O) groups excluding carboxylic acids is 2. The van der Waals surface area contributed by atoms with Crippen molar-refractivity contribution in [1.29, 1.82) is 0 Å². The molecule has 2 rings (SSSR count). The zero-order valence-electron chi connectivity index (χ0n) is 10.9. The molecule has 96 valence electrons. The molecule has 0 fully saturated rings. The van der Waals surface area contributed by atoms with Crippen LogP contribution >= 0.6 is 0 Å². The van der Waals surface area contributed by atoms with Gasteiger partial charge < -0.3 is 0 Å². The molecule has 0 saturated heterocycles. The second kappa shape index (κ2) is 6.10. The summed E-state index contributed by atoms with van der Waals surface area (Å²) in [5.41, 5.74) is 2.20. The van der Waals surface area contributed by atoms with E-state index < -0.39 is 0 Å². The van der Waals surface area contributed by atoms with E-state index in [9.17, 15) is 9.59 Å². The minimum absolute atomic E-state index is 0.0388. The van der Waals surface area contributed by atoms with Gasteiger partial charge in [0.05, 0.1) is 0 Å². The van der Waals surface area contributed by atoms with Crippen molar-refractivity contribution in [2.24, 2.45) is 0 Å². The van der Waals surface area contributed by atoms with Crippen LogP contribution in [0, 0.1) is 0 Å². The first-order valence-corrected chi connectivity index (χ1v) is 6.41. The Hall–Kier alpha value is -2.22. The second-order valence-corrected chi connectivity index (χ2v) is 4.44. The molecular formula is C17H16O2. The molecule has 0 unspecified atom stereocenters. The minimum atomic E-state index is 0.0388. The highest BCUT2D eigenvalue weighted by atomic mass is 16.1. The van der Waals surface area contributed by atoms with E-state index in [0.29, 0.717) is 24.0 Å². The Balaban J connectivity index is 2.18. The molecule has 2 heteroatoms. The molecule has 0 heterocycles. The Morgan fingerprint density at radius 3 is 2.11 bits per heavy atom. The van der Waals surface area contributed by atoms with Crippen LogP contribution in [-0.4, -0.2) is 11.6 Å². The van der Waals surface area contributed by atoms with Gasteiger partial charge in [-0.1, -0.05) is 55.5 Å². The van der Waals surface area contributed by atoms with Gasteiger partial charge in [0, 0.05) is 24.0 Å². The standard InChI is InChI=1S/C17H16O2/c1-2-16(18)14-9-6-10-15(12-14)17(19)11-13-7-4-3-5-8-13/h3-10,12H,2,11H2,1H3. The van der Waals surface area contributed by atoms with Crippen molar-refractivity contribution in [3.63, 3.8) is 0 Å². The van der Waals surface area contributed by atoms with Gasteiger partial charge in [-0.3, -0.25) is 9.59 Å². The lowest BCUT2D eigenvalue weighted by atomic mass is 9.99. The maximum Gasteiger partial charge on any atom is 0.167 e. The first-order chi connectivity index (χ1) is 9.20. The van der Waals surface area contributed by atoms with Crippen molar-refractivity contribution in [3.05, 3.63) is 71.3 Å². The predicted octanol–water partition coefficient (Wildman–Crippen LogP) is 3.70. The fraction of sp³-hybridized carbons (Fsp3) is 0.176. The molecule has 0 saturated carbocycles. The third kappa shape index (κ3) is 3.38. The Morgan fingerprint density at radius 1 is 0.842 bits per heavy atom. The number of hydrogen-bond acceptors (Lipinski definition) is 2. The van der Waals surface area contributed by atoms with Crippen LogP contribution in [0.25, 0.3) is 0 Å². The van der Waals surface area contributed by atoms with E-state index in [4.69, 9.17) is 0 Å². The molecule has 2 nitrogen and oxygen atoms in total. The van der Waals surface area contributed by atoms with Crippen molar-refractivity contribution in [2.75, 3.05) is 0 Å². The summed E-state index contributed by atoms with van der Waals surface area (Å²) in [6, 6.07) is 16.6. The largest absolute Gasteiger partial charge is 0.294 e. The lowest BCUT2D eigenvalue weighted by Gasteiger charge is -2.04. The molecule has 0 aliphatic heterocycles. The van der Waals surface area contributed by atoms with Crippen LogP contribution in [0.3, 0.4) is 0 Å². The number of hydrogen-bond donors (Lipinski definition) is 0.